The van der Waals surface area contributed by atoms with E-state index in [0.717, 1.165) is 0 Å². The van der Waals surface area contributed by atoms with Gasteiger partial charge in [-0.25, -0.2) is 0 Å². The van der Waals surface area contributed by atoms with Crippen LogP contribution in [0.25, 0.3) is 0 Å². The summed E-state index contributed by atoms with van der Waals surface area (Å²) in [5, 5.41) is 27.8. The number of Topliss-reactive ketones (excluding diaryl/α,β-unsaturated/α-hetero) is 1. The van der Waals surface area contributed by atoms with Crippen LogP contribution in [0.1, 0.15) is 26.7 Å². The minimum atomic E-state index is -0.928. The number of aliphatic hydroxyl groups is 3. The lowest BCUT2D eigenvalue weighted by Crippen LogP contribution is -2.47. The van der Waals surface area contributed by atoms with Crippen LogP contribution in [0, 0.1) is 0 Å². The number of carbonyl (C=O) groups is 2. The van der Waals surface area contributed by atoms with Crippen LogP contribution in [0.2, 0.25) is 0 Å². The van der Waals surface area contributed by atoms with Gasteiger partial charge in [-0.2, -0.15) is 0 Å². The standard InChI is InChI=1S/C8H16O4.C7H10O4/c1-6-3-7(10)8(4-9,12-6)5-11-2;1-4-2-5(9)7(11-4)6(10)3-8/h6-7,9-10H,3-5H2,1-2H3;3-5,7,9H,2H2,1H3/t6-,7?,8+;4-,5?,7-/m00/s1. The van der Waals surface area contributed by atoms with Crippen LogP contribution in [0.5, 0.6) is 0 Å². The first-order chi connectivity index (χ1) is 10.8. The van der Waals surface area contributed by atoms with E-state index in [2.05, 4.69) is 0 Å². The second-order valence-electron chi connectivity index (χ2n) is 6.03. The molecule has 0 aromatic carbocycles. The number of ketones is 1. The summed E-state index contributed by atoms with van der Waals surface area (Å²) < 4.78 is 15.3. The van der Waals surface area contributed by atoms with Crippen LogP contribution >= 0.6 is 0 Å². The van der Waals surface area contributed by atoms with E-state index in [1.54, 1.807) is 6.92 Å². The van der Waals surface area contributed by atoms with Crippen LogP contribution < -0.4 is 0 Å². The lowest BCUT2D eigenvalue weighted by molar-refractivity contribution is -0.139. The maximum atomic E-state index is 10.7. The van der Waals surface area contributed by atoms with Crippen molar-refractivity contribution in [3.8, 4) is 0 Å². The summed E-state index contributed by atoms with van der Waals surface area (Å²) in [6.07, 6.45) is -1.36. The summed E-state index contributed by atoms with van der Waals surface area (Å²) in [4.78, 5) is 20.7. The molecule has 0 spiro atoms. The van der Waals surface area contributed by atoms with E-state index in [1.807, 2.05) is 6.92 Å². The van der Waals surface area contributed by atoms with E-state index < -0.39 is 29.7 Å². The monoisotopic (exact) mass is 334 g/mol. The van der Waals surface area contributed by atoms with E-state index in [0.29, 0.717) is 12.8 Å². The minimum Gasteiger partial charge on any atom is -0.393 e. The van der Waals surface area contributed by atoms with Gasteiger partial charge in [0.1, 0.15) is 11.7 Å². The highest BCUT2D eigenvalue weighted by Gasteiger charge is 2.46. The van der Waals surface area contributed by atoms with E-state index in [4.69, 9.17) is 24.4 Å². The highest BCUT2D eigenvalue weighted by atomic mass is 16.6. The van der Waals surface area contributed by atoms with Crippen molar-refractivity contribution in [3.63, 3.8) is 0 Å². The van der Waals surface area contributed by atoms with Crippen LogP contribution in [0.15, 0.2) is 0 Å². The fourth-order valence-electron chi connectivity index (χ4n) is 2.80. The topological polar surface area (TPSA) is 123 Å². The third-order valence-corrected chi connectivity index (χ3v) is 3.95. The molecule has 3 N–H and O–H groups in total. The molecule has 2 rings (SSSR count). The van der Waals surface area contributed by atoms with Crippen LogP contribution in [0.3, 0.4) is 0 Å². The maximum Gasteiger partial charge on any atom is 0.226 e. The molecule has 2 saturated heterocycles. The Morgan fingerprint density at radius 2 is 1.96 bits per heavy atom. The second-order valence-corrected chi connectivity index (χ2v) is 6.03. The molecule has 134 valence electrons. The zero-order chi connectivity index (χ0) is 17.6. The molecule has 0 saturated carbocycles. The normalized spacial score (nSPS) is 39.7. The largest absolute Gasteiger partial charge is 0.393 e. The van der Waals surface area contributed by atoms with Gasteiger partial charge in [-0.3, -0.25) is 9.59 Å². The number of methoxy groups -OCH3 is 1. The second kappa shape index (κ2) is 8.81. The summed E-state index contributed by atoms with van der Waals surface area (Å²) in [6.45, 7) is 3.65. The molecule has 0 aromatic rings. The summed E-state index contributed by atoms with van der Waals surface area (Å²) in [5.74, 6) is -0.679. The molecule has 2 fully saturated rings. The SMILES string of the molecule is COC[C@@]1(CO)O[C@@H](C)CC1O.C[C@H]1CC(O)[C@@H](C(=O)C=O)O1. The van der Waals surface area contributed by atoms with Gasteiger partial charge in [-0.15, -0.1) is 0 Å². The predicted octanol–water partition coefficient (Wildman–Crippen LogP) is -1.17. The predicted molar refractivity (Wildman–Crippen MR) is 78.9 cm³/mol. The molecule has 6 atom stereocenters. The molecule has 0 aliphatic carbocycles. The van der Waals surface area contributed by atoms with Gasteiger partial charge in [0.15, 0.2) is 6.29 Å². The van der Waals surface area contributed by atoms with Crippen molar-refractivity contribution >= 4 is 12.1 Å². The third-order valence-electron chi connectivity index (χ3n) is 3.95. The molecular formula is C15H26O8. The van der Waals surface area contributed by atoms with Gasteiger partial charge >= 0.3 is 0 Å². The van der Waals surface area contributed by atoms with Crippen molar-refractivity contribution in [2.45, 2.75) is 62.8 Å². The molecule has 23 heavy (non-hydrogen) atoms. The number of rotatable bonds is 5. The zero-order valence-corrected chi connectivity index (χ0v) is 13.7. The highest BCUT2D eigenvalue weighted by Crippen LogP contribution is 2.30. The van der Waals surface area contributed by atoms with Crippen LogP contribution in [-0.2, 0) is 23.8 Å². The van der Waals surface area contributed by atoms with Crippen LogP contribution in [-0.4, -0.2) is 83.8 Å². The Kier molecular flexibility index (Phi) is 7.72. The lowest BCUT2D eigenvalue weighted by Gasteiger charge is -2.28. The van der Waals surface area contributed by atoms with Gasteiger partial charge in [-0.05, 0) is 13.8 Å². The first kappa shape index (κ1) is 20.1. The summed E-state index contributed by atoms with van der Waals surface area (Å²) in [7, 11) is 1.52. The molecule has 8 nitrogen and oxygen atoms in total. The van der Waals surface area contributed by atoms with Gasteiger partial charge < -0.3 is 29.5 Å². The first-order valence-corrected chi connectivity index (χ1v) is 7.57. The average Bonchev–Trinajstić information content (AvgIpc) is 2.98. The number of aldehydes is 1. The van der Waals surface area contributed by atoms with Crippen molar-refractivity contribution < 1.29 is 39.1 Å². The Hall–Kier alpha value is -0.900. The molecule has 0 radical (unpaired) electrons. The summed E-state index contributed by atoms with van der Waals surface area (Å²) >= 11 is 0. The summed E-state index contributed by atoms with van der Waals surface area (Å²) in [6, 6.07) is 0. The number of hydrogen-bond donors (Lipinski definition) is 3. The van der Waals surface area contributed by atoms with Gasteiger partial charge in [0.25, 0.3) is 0 Å². The number of aliphatic hydroxyl groups excluding tert-OH is 3. The van der Waals surface area contributed by atoms with Gasteiger partial charge in [-0.1, -0.05) is 0 Å². The Labute approximate surface area is 135 Å². The lowest BCUT2D eigenvalue weighted by atomic mass is 9.98. The Balaban J connectivity index is 0.000000231. The number of hydrogen-bond acceptors (Lipinski definition) is 8. The highest BCUT2D eigenvalue weighted by molar-refractivity contribution is 6.27. The van der Waals surface area contributed by atoms with Crippen LogP contribution in [0.4, 0.5) is 0 Å². The Morgan fingerprint density at radius 1 is 1.30 bits per heavy atom. The van der Waals surface area contributed by atoms with E-state index in [-0.39, 0.29) is 31.7 Å². The molecular weight excluding hydrogens is 308 g/mol. The van der Waals surface area contributed by atoms with Crippen molar-refractivity contribution in [2.24, 2.45) is 0 Å². The fourth-order valence-corrected chi connectivity index (χ4v) is 2.80. The van der Waals surface area contributed by atoms with Crippen molar-refractivity contribution in [1.29, 1.82) is 0 Å². The fraction of sp³-hybridized carbons (Fsp3) is 0.867. The molecule has 8 heteroatoms. The van der Waals surface area contributed by atoms with Crippen molar-refractivity contribution in [2.75, 3.05) is 20.3 Å². The number of ether oxygens (including phenoxy) is 3. The van der Waals surface area contributed by atoms with Gasteiger partial charge in [0.05, 0.1) is 37.6 Å². The smallest absolute Gasteiger partial charge is 0.226 e. The molecule has 2 unspecified atom stereocenters. The van der Waals surface area contributed by atoms with Crippen molar-refractivity contribution in [3.05, 3.63) is 0 Å². The zero-order valence-electron chi connectivity index (χ0n) is 13.7. The molecule has 0 aromatic heterocycles. The molecule has 2 aliphatic heterocycles. The molecule has 2 aliphatic rings. The van der Waals surface area contributed by atoms with E-state index in [1.165, 1.54) is 7.11 Å². The van der Waals surface area contributed by atoms with Gasteiger partial charge in [0, 0.05) is 20.0 Å². The quantitative estimate of drug-likeness (QED) is 0.424. The third kappa shape index (κ3) is 5.03. The average molecular weight is 334 g/mol. The minimum absolute atomic E-state index is 0.0118. The Bertz CT molecular complexity index is 401. The maximum absolute atomic E-state index is 10.7. The van der Waals surface area contributed by atoms with Crippen molar-refractivity contribution in [1.82, 2.24) is 0 Å². The summed E-state index contributed by atoms with van der Waals surface area (Å²) in [5.41, 5.74) is -0.895. The van der Waals surface area contributed by atoms with E-state index >= 15 is 0 Å². The van der Waals surface area contributed by atoms with E-state index in [9.17, 15) is 14.7 Å². The molecule has 0 bridgehead atoms. The first-order valence-electron chi connectivity index (χ1n) is 7.57. The molecule has 2 heterocycles. The molecule has 0 amide bonds. The Morgan fingerprint density at radius 3 is 2.30 bits per heavy atom. The number of carbonyl (C=O) groups excluding carboxylic acids is 2. The van der Waals surface area contributed by atoms with Gasteiger partial charge in [0.2, 0.25) is 5.78 Å².